The molecule has 1 amide bonds. The second-order valence-corrected chi connectivity index (χ2v) is 5.88. The van der Waals surface area contributed by atoms with Crippen LogP contribution >= 0.6 is 0 Å². The Kier molecular flexibility index (Phi) is 4.42. The van der Waals surface area contributed by atoms with E-state index in [9.17, 15) is 15.0 Å². The zero-order valence-corrected chi connectivity index (χ0v) is 13.5. The number of fused-ring (bicyclic) bond motifs is 1. The van der Waals surface area contributed by atoms with Crippen LogP contribution in [0.5, 0.6) is 11.5 Å². The Hall–Kier alpha value is -2.95. The fraction of sp³-hybridized carbons (Fsp3) is 0.211. The first kappa shape index (κ1) is 15.9. The van der Waals surface area contributed by atoms with Crippen molar-refractivity contribution in [1.82, 2.24) is 9.88 Å². The lowest BCUT2D eigenvalue weighted by molar-refractivity contribution is -0.120. The standard InChI is InChI=1S/C19H20N2O3/c1-21-12-14(15-4-2-3-5-16(15)21)11-19(24)20-9-8-13-6-7-17(22)18(23)10-13/h2-7,10,12,22-23H,8-9,11H2,1H3,(H,20,24). The topological polar surface area (TPSA) is 74.5 Å². The van der Waals surface area contributed by atoms with Crippen LogP contribution in [0.2, 0.25) is 0 Å². The molecule has 5 nitrogen and oxygen atoms in total. The number of para-hydroxylation sites is 1. The summed E-state index contributed by atoms with van der Waals surface area (Å²) in [5.74, 6) is -0.317. The van der Waals surface area contributed by atoms with Crippen molar-refractivity contribution in [3.05, 3.63) is 59.8 Å². The maximum atomic E-state index is 12.2. The number of phenolic OH excluding ortho intramolecular Hbond substituents is 2. The van der Waals surface area contributed by atoms with Crippen molar-refractivity contribution in [2.75, 3.05) is 6.54 Å². The molecule has 1 heterocycles. The average Bonchev–Trinajstić information content (AvgIpc) is 2.87. The number of aromatic nitrogens is 1. The van der Waals surface area contributed by atoms with Crippen molar-refractivity contribution in [1.29, 1.82) is 0 Å². The summed E-state index contributed by atoms with van der Waals surface area (Å²) in [6.45, 7) is 0.480. The predicted octanol–water partition coefficient (Wildman–Crippen LogP) is 2.49. The molecule has 0 unspecified atom stereocenters. The third-order valence-corrected chi connectivity index (χ3v) is 4.11. The van der Waals surface area contributed by atoms with Crippen LogP contribution < -0.4 is 5.32 Å². The summed E-state index contributed by atoms with van der Waals surface area (Å²) in [6.07, 6.45) is 2.92. The Bertz CT molecular complexity index is 883. The highest BCUT2D eigenvalue weighted by molar-refractivity contribution is 5.89. The van der Waals surface area contributed by atoms with Crippen LogP contribution in [0.25, 0.3) is 10.9 Å². The van der Waals surface area contributed by atoms with Gasteiger partial charge in [0.15, 0.2) is 11.5 Å². The summed E-state index contributed by atoms with van der Waals surface area (Å²) in [5, 5.41) is 22.7. The third-order valence-electron chi connectivity index (χ3n) is 4.11. The first-order valence-electron chi connectivity index (χ1n) is 7.85. The van der Waals surface area contributed by atoms with E-state index in [-0.39, 0.29) is 17.4 Å². The summed E-state index contributed by atoms with van der Waals surface area (Å²) >= 11 is 0. The Morgan fingerprint density at radius 2 is 1.92 bits per heavy atom. The first-order chi connectivity index (χ1) is 11.5. The van der Waals surface area contributed by atoms with Crippen molar-refractivity contribution in [2.45, 2.75) is 12.8 Å². The van der Waals surface area contributed by atoms with Crippen LogP contribution in [0.1, 0.15) is 11.1 Å². The number of rotatable bonds is 5. The zero-order valence-electron chi connectivity index (χ0n) is 13.5. The van der Waals surface area contributed by atoms with Gasteiger partial charge in [-0.1, -0.05) is 24.3 Å². The zero-order chi connectivity index (χ0) is 17.1. The van der Waals surface area contributed by atoms with Gasteiger partial charge < -0.3 is 20.1 Å². The van der Waals surface area contributed by atoms with Crippen LogP contribution in [0.3, 0.4) is 0 Å². The number of aromatic hydroxyl groups is 2. The van der Waals surface area contributed by atoms with Gasteiger partial charge in [-0.05, 0) is 35.7 Å². The van der Waals surface area contributed by atoms with E-state index in [1.807, 2.05) is 42.1 Å². The second-order valence-electron chi connectivity index (χ2n) is 5.88. The monoisotopic (exact) mass is 324 g/mol. The van der Waals surface area contributed by atoms with Gasteiger partial charge in [-0.15, -0.1) is 0 Å². The summed E-state index contributed by atoms with van der Waals surface area (Å²) in [7, 11) is 1.97. The van der Waals surface area contributed by atoms with Gasteiger partial charge in [0.1, 0.15) is 0 Å². The highest BCUT2D eigenvalue weighted by Gasteiger charge is 2.10. The molecule has 0 atom stereocenters. The number of phenols is 2. The molecule has 124 valence electrons. The third kappa shape index (κ3) is 3.35. The van der Waals surface area contributed by atoms with Crippen LogP contribution in [0, 0.1) is 0 Å². The number of amides is 1. The SMILES string of the molecule is Cn1cc(CC(=O)NCCc2ccc(O)c(O)c2)c2ccccc21. The van der Waals surface area contributed by atoms with E-state index in [4.69, 9.17) is 0 Å². The molecule has 0 saturated carbocycles. The molecule has 2 aromatic carbocycles. The van der Waals surface area contributed by atoms with Crippen LogP contribution in [0.4, 0.5) is 0 Å². The quantitative estimate of drug-likeness (QED) is 0.631. The number of nitrogens with one attached hydrogen (secondary N) is 1. The maximum absolute atomic E-state index is 12.2. The molecule has 0 aliphatic heterocycles. The fourth-order valence-electron chi connectivity index (χ4n) is 2.87. The molecule has 0 radical (unpaired) electrons. The normalized spacial score (nSPS) is 10.9. The molecular formula is C19H20N2O3. The molecule has 3 aromatic rings. The van der Waals surface area contributed by atoms with E-state index in [2.05, 4.69) is 5.32 Å². The molecule has 3 N–H and O–H groups in total. The first-order valence-corrected chi connectivity index (χ1v) is 7.85. The lowest BCUT2D eigenvalue weighted by atomic mass is 10.1. The molecule has 0 fully saturated rings. The highest BCUT2D eigenvalue weighted by Crippen LogP contribution is 2.25. The number of hydrogen-bond acceptors (Lipinski definition) is 3. The Morgan fingerprint density at radius 3 is 2.71 bits per heavy atom. The van der Waals surface area contributed by atoms with E-state index < -0.39 is 0 Å². The van der Waals surface area contributed by atoms with Crippen molar-refractivity contribution in [3.8, 4) is 11.5 Å². The van der Waals surface area contributed by atoms with Gasteiger partial charge in [0.2, 0.25) is 5.91 Å². The lowest BCUT2D eigenvalue weighted by Gasteiger charge is -2.06. The van der Waals surface area contributed by atoms with Gasteiger partial charge in [-0.2, -0.15) is 0 Å². The minimum atomic E-state index is -0.144. The number of carbonyl (C=O) groups excluding carboxylic acids is 1. The molecule has 1 aromatic heterocycles. The summed E-state index contributed by atoms with van der Waals surface area (Å²) in [4.78, 5) is 12.2. The number of nitrogens with zero attached hydrogens (tertiary/aromatic N) is 1. The number of hydrogen-bond donors (Lipinski definition) is 3. The van der Waals surface area contributed by atoms with Crippen molar-refractivity contribution >= 4 is 16.8 Å². The smallest absolute Gasteiger partial charge is 0.224 e. The maximum Gasteiger partial charge on any atom is 0.224 e. The van der Waals surface area contributed by atoms with Crippen molar-refractivity contribution < 1.29 is 15.0 Å². The molecular weight excluding hydrogens is 304 g/mol. The van der Waals surface area contributed by atoms with Crippen LogP contribution in [-0.2, 0) is 24.7 Å². The van der Waals surface area contributed by atoms with Gasteiger partial charge in [0.05, 0.1) is 6.42 Å². The van der Waals surface area contributed by atoms with E-state index in [0.29, 0.717) is 19.4 Å². The molecule has 0 spiro atoms. The average molecular weight is 324 g/mol. The molecule has 0 bridgehead atoms. The number of aryl methyl sites for hydroxylation is 1. The number of carbonyl (C=O) groups is 1. The van der Waals surface area contributed by atoms with Gasteiger partial charge in [0.25, 0.3) is 0 Å². The van der Waals surface area contributed by atoms with Crippen molar-refractivity contribution in [2.24, 2.45) is 7.05 Å². The predicted molar refractivity (Wildman–Crippen MR) is 93.1 cm³/mol. The molecule has 0 aliphatic carbocycles. The van der Waals surface area contributed by atoms with E-state index >= 15 is 0 Å². The van der Waals surface area contributed by atoms with E-state index in [1.165, 1.54) is 12.1 Å². The van der Waals surface area contributed by atoms with Gasteiger partial charge in [0, 0.05) is 30.7 Å². The number of benzene rings is 2. The summed E-state index contributed by atoms with van der Waals surface area (Å²) < 4.78 is 2.02. The lowest BCUT2D eigenvalue weighted by Crippen LogP contribution is -2.27. The minimum absolute atomic E-state index is 0.0330. The Labute approximate surface area is 140 Å². The van der Waals surface area contributed by atoms with Crippen molar-refractivity contribution in [3.63, 3.8) is 0 Å². The van der Waals surface area contributed by atoms with E-state index in [0.717, 1.165) is 22.0 Å². The fourth-order valence-corrected chi connectivity index (χ4v) is 2.87. The molecule has 5 heteroatoms. The Balaban J connectivity index is 1.58. The minimum Gasteiger partial charge on any atom is -0.504 e. The van der Waals surface area contributed by atoms with Crippen LogP contribution in [-0.4, -0.2) is 27.2 Å². The molecule has 0 saturated heterocycles. The largest absolute Gasteiger partial charge is 0.504 e. The Morgan fingerprint density at radius 1 is 1.12 bits per heavy atom. The summed E-state index contributed by atoms with van der Waals surface area (Å²) in [6, 6.07) is 12.7. The molecule has 0 aliphatic rings. The van der Waals surface area contributed by atoms with Gasteiger partial charge >= 0.3 is 0 Å². The van der Waals surface area contributed by atoms with Gasteiger partial charge in [-0.25, -0.2) is 0 Å². The van der Waals surface area contributed by atoms with Gasteiger partial charge in [-0.3, -0.25) is 4.79 Å². The molecule has 24 heavy (non-hydrogen) atoms. The summed E-state index contributed by atoms with van der Waals surface area (Å²) in [5.41, 5.74) is 2.98. The highest BCUT2D eigenvalue weighted by atomic mass is 16.3. The molecule has 3 rings (SSSR count). The second kappa shape index (κ2) is 6.66. The van der Waals surface area contributed by atoms with Crippen LogP contribution in [0.15, 0.2) is 48.7 Å². The van der Waals surface area contributed by atoms with E-state index in [1.54, 1.807) is 6.07 Å².